The van der Waals surface area contributed by atoms with Crippen LogP contribution in [0.15, 0.2) is 66.7 Å². The summed E-state index contributed by atoms with van der Waals surface area (Å²) in [4.78, 5) is 38.1. The van der Waals surface area contributed by atoms with Crippen molar-refractivity contribution >= 4 is 23.7 Å². The third-order valence-corrected chi connectivity index (χ3v) is 4.47. The molecule has 0 aliphatic carbocycles. The monoisotopic (exact) mass is 481 g/mol. The summed E-state index contributed by atoms with van der Waals surface area (Å²) >= 11 is 0. The normalized spacial score (nSPS) is 10.4. The van der Waals surface area contributed by atoms with Crippen molar-refractivity contribution in [3.63, 3.8) is 0 Å². The Morgan fingerprint density at radius 2 is 1.22 bits per heavy atom. The third kappa shape index (κ3) is 7.24. The van der Waals surface area contributed by atoms with Gasteiger partial charge in [0.05, 0.1) is 11.1 Å². The average Bonchev–Trinajstić information content (AvgIpc) is 2.82. The fourth-order valence-electron chi connectivity index (χ4n) is 2.99. The molecule has 0 unspecified atom stereocenters. The number of hydrogen-bond acceptors (Lipinski definition) is 6. The summed E-state index contributed by atoms with van der Waals surface area (Å²) < 4.78 is 16.1. The molecule has 0 radical (unpaired) electrons. The molecule has 0 spiro atoms. The Kier molecular flexibility index (Phi) is 7.79. The Bertz CT molecular complexity index is 1310. The number of terminal acetylenes is 2. The first kappa shape index (κ1) is 25.6. The second-order valence-electron chi connectivity index (χ2n) is 8.55. The van der Waals surface area contributed by atoms with Gasteiger partial charge in [0.15, 0.2) is 0 Å². The summed E-state index contributed by atoms with van der Waals surface area (Å²) in [6.45, 7) is 5.12. The molecule has 1 amide bonds. The molecule has 3 aromatic rings. The van der Waals surface area contributed by atoms with Crippen molar-refractivity contribution in [3.8, 4) is 36.2 Å². The van der Waals surface area contributed by atoms with Crippen molar-refractivity contribution in [3.05, 3.63) is 89.0 Å². The minimum absolute atomic E-state index is 0.0148. The summed E-state index contributed by atoms with van der Waals surface area (Å²) in [5.41, 5.74) is 0.392. The molecule has 7 nitrogen and oxygen atoms in total. The highest BCUT2D eigenvalue weighted by molar-refractivity contribution is 5.99. The van der Waals surface area contributed by atoms with Crippen molar-refractivity contribution in [1.29, 1.82) is 0 Å². The van der Waals surface area contributed by atoms with Crippen LogP contribution < -0.4 is 14.8 Å². The van der Waals surface area contributed by atoms with Crippen molar-refractivity contribution in [2.24, 2.45) is 0 Å². The molecular weight excluding hydrogens is 458 g/mol. The van der Waals surface area contributed by atoms with Crippen LogP contribution in [0, 0.1) is 24.7 Å². The van der Waals surface area contributed by atoms with E-state index in [0.29, 0.717) is 11.1 Å². The predicted molar refractivity (Wildman–Crippen MR) is 135 cm³/mol. The zero-order valence-corrected chi connectivity index (χ0v) is 20.0. The van der Waals surface area contributed by atoms with Gasteiger partial charge in [0.2, 0.25) is 0 Å². The summed E-state index contributed by atoms with van der Waals surface area (Å²) in [6, 6.07) is 16.8. The molecule has 180 valence electrons. The Morgan fingerprint density at radius 1 is 0.750 bits per heavy atom. The Morgan fingerprint density at radius 3 is 1.64 bits per heavy atom. The molecule has 1 N–H and O–H groups in total. The van der Waals surface area contributed by atoms with E-state index in [4.69, 9.17) is 27.1 Å². The third-order valence-electron chi connectivity index (χ3n) is 4.47. The van der Waals surface area contributed by atoms with Gasteiger partial charge in [0.25, 0.3) is 0 Å². The van der Waals surface area contributed by atoms with Gasteiger partial charge >= 0.3 is 18.0 Å². The van der Waals surface area contributed by atoms with E-state index in [2.05, 4.69) is 17.2 Å². The van der Waals surface area contributed by atoms with Crippen molar-refractivity contribution < 1.29 is 28.6 Å². The molecule has 0 aromatic heterocycles. The van der Waals surface area contributed by atoms with Gasteiger partial charge in [-0.2, -0.15) is 0 Å². The lowest BCUT2D eigenvalue weighted by Gasteiger charge is -2.20. The van der Waals surface area contributed by atoms with Crippen LogP contribution in [-0.4, -0.2) is 23.6 Å². The van der Waals surface area contributed by atoms with Gasteiger partial charge in [0.1, 0.15) is 17.1 Å². The van der Waals surface area contributed by atoms with Crippen LogP contribution in [0.4, 0.5) is 10.5 Å². The van der Waals surface area contributed by atoms with Crippen LogP contribution in [0.25, 0.3) is 0 Å². The standard InChI is InChI=1S/C29H23NO6/c1-6-19-10-8-12-24(14-19)34-26(31)21-16-22(18-23(17-21)30-28(33)36-29(3,4)5)27(32)35-25-13-9-11-20(7-2)15-25/h1-2,8-18H,3-5H3,(H,30,33). The van der Waals surface area contributed by atoms with E-state index in [1.54, 1.807) is 57.2 Å². The van der Waals surface area contributed by atoms with E-state index in [0.717, 1.165) is 0 Å². The lowest BCUT2D eigenvalue weighted by Crippen LogP contribution is -2.27. The van der Waals surface area contributed by atoms with E-state index in [1.165, 1.54) is 30.3 Å². The lowest BCUT2D eigenvalue weighted by atomic mass is 10.1. The quantitative estimate of drug-likeness (QED) is 0.297. The number of carbonyl (C=O) groups is 3. The van der Waals surface area contributed by atoms with Gasteiger partial charge < -0.3 is 14.2 Å². The number of esters is 2. The number of carbonyl (C=O) groups excluding carboxylic acids is 3. The SMILES string of the molecule is C#Cc1cccc(OC(=O)c2cc(NC(=O)OC(C)(C)C)cc(C(=O)Oc3cccc(C#C)c3)c2)c1. The number of ether oxygens (including phenoxy) is 3. The smallest absolute Gasteiger partial charge is 0.412 e. The Hall–Kier alpha value is -5.01. The molecule has 0 saturated heterocycles. The van der Waals surface area contributed by atoms with Crippen molar-refractivity contribution in [2.75, 3.05) is 5.32 Å². The molecule has 0 fully saturated rings. The highest BCUT2D eigenvalue weighted by Gasteiger charge is 2.20. The molecule has 0 aliphatic rings. The van der Waals surface area contributed by atoms with Crippen LogP contribution in [0.5, 0.6) is 11.5 Å². The first-order valence-electron chi connectivity index (χ1n) is 10.8. The van der Waals surface area contributed by atoms with E-state index < -0.39 is 23.6 Å². The summed E-state index contributed by atoms with van der Waals surface area (Å²) in [5.74, 6) is 3.80. The van der Waals surface area contributed by atoms with Gasteiger partial charge in [-0.25, -0.2) is 14.4 Å². The number of benzene rings is 3. The maximum atomic E-state index is 12.9. The molecule has 0 heterocycles. The molecule has 3 rings (SSSR count). The van der Waals surface area contributed by atoms with E-state index >= 15 is 0 Å². The van der Waals surface area contributed by atoms with Gasteiger partial charge in [0, 0.05) is 16.8 Å². The highest BCUT2D eigenvalue weighted by atomic mass is 16.6. The fraction of sp³-hybridized carbons (Fsp3) is 0.138. The number of hydrogen-bond donors (Lipinski definition) is 1. The highest BCUT2D eigenvalue weighted by Crippen LogP contribution is 2.22. The minimum atomic E-state index is -0.777. The van der Waals surface area contributed by atoms with Crippen molar-refractivity contribution in [2.45, 2.75) is 26.4 Å². The second-order valence-corrected chi connectivity index (χ2v) is 8.55. The summed E-state index contributed by atoms with van der Waals surface area (Å²) in [6.07, 6.45) is 10.0. The second kappa shape index (κ2) is 10.9. The number of rotatable bonds is 5. The Labute approximate surface area is 209 Å². The first-order valence-corrected chi connectivity index (χ1v) is 10.8. The molecule has 0 aliphatic heterocycles. The summed E-state index contributed by atoms with van der Waals surface area (Å²) in [5, 5.41) is 2.52. The van der Waals surface area contributed by atoms with Crippen LogP contribution in [0.1, 0.15) is 52.6 Å². The number of amides is 1. The van der Waals surface area contributed by atoms with Gasteiger partial charge in [-0.15, -0.1) is 12.8 Å². The zero-order valence-electron chi connectivity index (χ0n) is 20.0. The van der Waals surface area contributed by atoms with Gasteiger partial charge in [-0.1, -0.05) is 24.0 Å². The maximum Gasteiger partial charge on any atom is 0.412 e. The minimum Gasteiger partial charge on any atom is -0.444 e. The molecule has 0 atom stereocenters. The van der Waals surface area contributed by atoms with Gasteiger partial charge in [-0.05, 0) is 75.4 Å². The summed E-state index contributed by atoms with van der Waals surface area (Å²) in [7, 11) is 0. The fourth-order valence-corrected chi connectivity index (χ4v) is 2.99. The van der Waals surface area contributed by atoms with E-state index in [1.807, 2.05) is 0 Å². The number of nitrogens with one attached hydrogen (secondary N) is 1. The van der Waals surface area contributed by atoms with Gasteiger partial charge in [-0.3, -0.25) is 5.32 Å². The van der Waals surface area contributed by atoms with Crippen LogP contribution in [0.2, 0.25) is 0 Å². The first-order chi connectivity index (χ1) is 17.1. The van der Waals surface area contributed by atoms with Crippen molar-refractivity contribution in [1.82, 2.24) is 0 Å². The largest absolute Gasteiger partial charge is 0.444 e. The molecule has 7 heteroatoms. The van der Waals surface area contributed by atoms with Crippen LogP contribution >= 0.6 is 0 Å². The molecule has 3 aromatic carbocycles. The zero-order chi connectivity index (χ0) is 26.3. The molecular formula is C29H23NO6. The van der Waals surface area contributed by atoms with E-state index in [9.17, 15) is 14.4 Å². The Balaban J connectivity index is 1.92. The van der Waals surface area contributed by atoms with Crippen LogP contribution in [0.3, 0.4) is 0 Å². The lowest BCUT2D eigenvalue weighted by molar-refractivity contribution is 0.0632. The predicted octanol–water partition coefficient (Wildman–Crippen LogP) is 5.43. The maximum absolute atomic E-state index is 12.9. The molecule has 0 saturated carbocycles. The molecule has 36 heavy (non-hydrogen) atoms. The number of anilines is 1. The topological polar surface area (TPSA) is 90.9 Å². The molecule has 0 bridgehead atoms. The van der Waals surface area contributed by atoms with Crippen LogP contribution in [-0.2, 0) is 4.74 Å². The van der Waals surface area contributed by atoms with E-state index in [-0.39, 0.29) is 28.3 Å². The average molecular weight is 482 g/mol.